The number of carbonyl (C=O) groups excluding carboxylic acids is 18. The Hall–Kier alpha value is -12.7. The minimum Gasteiger partial charge on any atom is -0.465 e. The van der Waals surface area contributed by atoms with E-state index in [-0.39, 0.29) is 122 Å². The van der Waals surface area contributed by atoms with Crippen molar-refractivity contribution < 1.29 is 115 Å². The summed E-state index contributed by atoms with van der Waals surface area (Å²) < 4.78 is 30.3. The predicted octanol–water partition coefficient (Wildman–Crippen LogP) is 7.13. The molecule has 6 saturated heterocycles. The first-order valence-corrected chi connectivity index (χ1v) is 43.8. The summed E-state index contributed by atoms with van der Waals surface area (Å²) in [4.78, 5) is 218. The molecule has 6 fully saturated rings. The number of nitrogens with zero attached hydrogens (tertiary/aromatic N) is 6. The van der Waals surface area contributed by atoms with Crippen LogP contribution in [-0.4, -0.2) is 254 Å². The Balaban J connectivity index is 0.000000774. The fourth-order valence-electron chi connectivity index (χ4n) is 12.3. The van der Waals surface area contributed by atoms with Crippen LogP contribution in [0.15, 0.2) is 148 Å². The van der Waals surface area contributed by atoms with Gasteiger partial charge in [0.1, 0.15) is 35.5 Å². The summed E-state index contributed by atoms with van der Waals surface area (Å²) in [6.07, 6.45) is 34.2. The first-order chi connectivity index (χ1) is 61.8. The van der Waals surface area contributed by atoms with Crippen LogP contribution >= 0.6 is 0 Å². The molecule has 0 aromatic heterocycles. The minimum absolute atomic E-state index is 0.0624. The van der Waals surface area contributed by atoms with Gasteiger partial charge in [0.05, 0.1) is 39.6 Å². The van der Waals surface area contributed by atoms with Gasteiger partial charge in [0, 0.05) is 101 Å². The lowest BCUT2D eigenvalue weighted by Gasteiger charge is -2.11. The third kappa shape index (κ3) is 44.6. The molecule has 6 aliphatic rings. The molecule has 0 aliphatic carbocycles. The van der Waals surface area contributed by atoms with E-state index >= 15 is 0 Å². The smallest absolute Gasteiger partial charge is 0.333 e. The molecule has 0 aromatic rings. The van der Waals surface area contributed by atoms with Crippen LogP contribution in [0.1, 0.15) is 178 Å². The fraction of sp³-hybridized carbons (Fsp3) is 0.548. The predicted molar refractivity (Wildman–Crippen MR) is 482 cm³/mol. The number of amides is 12. The summed E-state index contributed by atoms with van der Waals surface area (Å²) in [5, 5.41) is 16.6. The highest BCUT2D eigenvalue weighted by molar-refractivity contribution is 6.04. The monoisotopic (exact) mass is 1810 g/mol. The number of unbranched alkanes of at least 4 members (excludes halogenated alkanes) is 6. The third-order valence-electron chi connectivity index (χ3n) is 20.5. The average Bonchev–Trinajstić information content (AvgIpc) is 1.74. The maximum Gasteiger partial charge on any atom is 0.333 e. The van der Waals surface area contributed by atoms with Gasteiger partial charge in [-0.1, -0.05) is 75.9 Å². The lowest BCUT2D eigenvalue weighted by Crippen LogP contribution is -2.36. The van der Waals surface area contributed by atoms with Gasteiger partial charge in [0.2, 0.25) is 70.9 Å². The van der Waals surface area contributed by atoms with Gasteiger partial charge in [-0.05, 0) is 227 Å². The molecular weight excluding hydrogens is 1670 g/mol. The minimum atomic E-state index is -0.715. The summed E-state index contributed by atoms with van der Waals surface area (Å²) in [7, 11) is 0. The van der Waals surface area contributed by atoms with E-state index in [9.17, 15) is 86.3 Å². The molecule has 36 nitrogen and oxygen atoms in total. The van der Waals surface area contributed by atoms with E-state index in [1.807, 2.05) is 13.8 Å². The fourth-order valence-corrected chi connectivity index (χ4v) is 12.3. The molecule has 0 bridgehead atoms. The molecule has 6 rings (SSSR count). The second-order valence-corrected chi connectivity index (χ2v) is 29.6. The van der Waals surface area contributed by atoms with Gasteiger partial charge in [-0.15, -0.1) is 0 Å². The second-order valence-electron chi connectivity index (χ2n) is 29.6. The molecule has 0 saturated carbocycles. The molecule has 12 amide bonds. The largest absolute Gasteiger partial charge is 0.465 e. The molecule has 6 heterocycles. The van der Waals surface area contributed by atoms with Crippen LogP contribution < -0.4 is 31.9 Å². The zero-order valence-electron chi connectivity index (χ0n) is 76.8. The van der Waals surface area contributed by atoms with Crippen LogP contribution in [0.5, 0.6) is 0 Å². The van der Waals surface area contributed by atoms with Crippen LogP contribution in [0.2, 0.25) is 0 Å². The summed E-state index contributed by atoms with van der Waals surface area (Å²) in [5.74, 6) is -8.80. The lowest BCUT2D eigenvalue weighted by atomic mass is 10.1. The van der Waals surface area contributed by atoms with Gasteiger partial charge in [-0.25, -0.2) is 9.59 Å². The molecule has 6 atom stereocenters. The van der Waals surface area contributed by atoms with Gasteiger partial charge in [0.15, 0.2) is 0 Å². The number of likely N-dealkylation sites (tertiary alicyclic amines) is 6. The maximum atomic E-state index is 11.9. The normalized spacial score (nSPS) is 18.2. The Morgan fingerprint density at radius 2 is 0.519 bits per heavy atom. The van der Waals surface area contributed by atoms with Crippen molar-refractivity contribution in [2.24, 2.45) is 35.5 Å². The van der Waals surface area contributed by atoms with Crippen LogP contribution in [0, 0.1) is 35.5 Å². The highest BCUT2D eigenvalue weighted by Crippen LogP contribution is 2.25. The van der Waals surface area contributed by atoms with Crippen molar-refractivity contribution in [2.75, 3.05) is 118 Å². The van der Waals surface area contributed by atoms with Gasteiger partial charge in [0.25, 0.3) is 0 Å². The van der Waals surface area contributed by atoms with Crippen molar-refractivity contribution in [1.82, 2.24) is 61.3 Å². The third-order valence-corrected chi connectivity index (χ3v) is 20.5. The number of allylic oxidation sites excluding steroid dienone is 6. The van der Waals surface area contributed by atoms with Gasteiger partial charge in [-0.3, -0.25) is 76.7 Å². The Bertz CT molecular complexity index is 3600. The number of esters is 6. The quantitative estimate of drug-likeness (QED) is 0.0116. The highest BCUT2D eigenvalue weighted by Gasteiger charge is 2.41. The summed E-state index contributed by atoms with van der Waals surface area (Å²) in [6.45, 7) is 45.0. The number of nitrogens with one attached hydrogen (secondary N) is 6. The molecule has 0 aromatic carbocycles. The SMILES string of the molecule is C=CN1CCC(C(=O)NCCCCNC(=O)/C(C)=C\C)C1=O.C=CN1CCC(C(=O)NCCCCNC(=O)/C=C\C)C1=O.C=CN1CCC(C(=O)OCCCCNC(=O)/C(C)=C\C)C1=O.C=CN1CCC(C(=O)OCCCCNC(=O)/C=C\C)C1=O.C=CN1CCC(C(=O)OCCCCOC(=O)/C(C)=C\C)C1=O.C=CN1CCC(C(=O)OCCCCOC(=O)/C=C\C)C1=O. The van der Waals surface area contributed by atoms with Gasteiger partial charge >= 0.3 is 35.8 Å². The van der Waals surface area contributed by atoms with Crippen LogP contribution in [0.4, 0.5) is 0 Å². The summed E-state index contributed by atoms with van der Waals surface area (Å²) in [6, 6.07) is 0. The zero-order chi connectivity index (χ0) is 96.6. The molecule has 6 aliphatic heterocycles. The Kier molecular flexibility index (Phi) is 59.9. The van der Waals surface area contributed by atoms with E-state index in [0.717, 1.165) is 25.7 Å². The Morgan fingerprint density at radius 3 is 0.775 bits per heavy atom. The number of carbonyl (C=O) groups is 18. The van der Waals surface area contributed by atoms with Crippen molar-refractivity contribution in [3.63, 3.8) is 0 Å². The van der Waals surface area contributed by atoms with Crippen molar-refractivity contribution in [3.8, 4) is 0 Å². The van der Waals surface area contributed by atoms with Crippen molar-refractivity contribution in [1.29, 1.82) is 0 Å². The molecule has 0 spiro atoms. The van der Waals surface area contributed by atoms with Crippen LogP contribution in [-0.2, 0) is 115 Å². The van der Waals surface area contributed by atoms with Crippen LogP contribution in [0.25, 0.3) is 0 Å². The topological polar surface area (TPSA) is 454 Å². The van der Waals surface area contributed by atoms with Crippen molar-refractivity contribution in [2.45, 2.75) is 178 Å². The number of rotatable bonds is 48. The number of hydrogen-bond acceptors (Lipinski definition) is 24. The van der Waals surface area contributed by atoms with E-state index < -0.39 is 59.4 Å². The molecule has 6 unspecified atom stereocenters. The number of hydrogen-bond donors (Lipinski definition) is 6. The molecule has 0 radical (unpaired) electrons. The highest BCUT2D eigenvalue weighted by atomic mass is 16.6. The first kappa shape index (κ1) is 114. The van der Waals surface area contributed by atoms with E-state index in [1.165, 1.54) is 84.8 Å². The Morgan fingerprint density at radius 1 is 0.295 bits per heavy atom. The molecule has 36 heteroatoms. The maximum absolute atomic E-state index is 11.9. The zero-order valence-corrected chi connectivity index (χ0v) is 76.8. The first-order valence-electron chi connectivity index (χ1n) is 43.8. The van der Waals surface area contributed by atoms with Gasteiger partial charge < -0.3 is 89.7 Å². The van der Waals surface area contributed by atoms with Crippen LogP contribution in [0.3, 0.4) is 0 Å². The summed E-state index contributed by atoms with van der Waals surface area (Å²) >= 11 is 0. The molecular formula is C93H138N12O24. The van der Waals surface area contributed by atoms with E-state index in [4.69, 9.17) is 28.4 Å². The molecule has 6 N–H and O–H groups in total. The van der Waals surface area contributed by atoms with Crippen molar-refractivity contribution in [3.05, 3.63) is 148 Å². The molecule has 714 valence electrons. The average molecular weight is 1810 g/mol. The molecule has 129 heavy (non-hydrogen) atoms. The second kappa shape index (κ2) is 67.6. The van der Waals surface area contributed by atoms with E-state index in [0.29, 0.717) is 185 Å². The standard InChI is InChI=1S/C16H25N3O3.C16H24N2O4.C16H23NO5.C15H23N3O3.C15H22N2O4.C15H21NO5/c1-4-12(3)14(20)17-9-6-7-10-18-15(21)13-8-11-19(5-2)16(13)22;1-4-12(3)14(19)17-9-6-7-11-22-16(21)13-8-10-18(5-2)15(13)20;1-4-12(3)15(19)21-10-6-7-11-22-16(20)13-8-9-17(5-2)14(13)18;1-3-7-13(19)16-9-5-6-10-17-14(20)12-8-11-18(4-2)15(12)21;1-3-7-13(18)16-9-5-6-11-21-15(20)12-8-10-17(4-2)14(12)19;1-3-7-13(17)20-10-5-6-11-21-15(19)12-8-9-16(4-2)14(12)18/h4-5,13H,2,6-11H2,1,3H3,(H,17,20)(H,18,21);4-5,13H,2,6-11H2,1,3H3,(H,17,19);4-5,13H,2,6-11H2,1,3H3;3-4,7,12H,2,5-6,8-11H2,1H3,(H,16,19)(H,17,20);3-4,7,12H,2,5-6,8-11H2,1H3,(H,16,18);3-4,7,12H,2,5-6,8-11H2,1H3/b3*12-4-;3*7-3-. The van der Waals surface area contributed by atoms with E-state index in [1.54, 1.807) is 84.9 Å². The van der Waals surface area contributed by atoms with Crippen molar-refractivity contribution >= 4 is 107 Å². The number of ether oxygens (including phenoxy) is 6. The Labute approximate surface area is 758 Å². The van der Waals surface area contributed by atoms with Gasteiger partial charge in [-0.2, -0.15) is 0 Å². The van der Waals surface area contributed by atoms with E-state index in [2.05, 4.69) is 71.4 Å². The summed E-state index contributed by atoms with van der Waals surface area (Å²) in [5.41, 5.74) is 1.94. The lowest BCUT2D eigenvalue weighted by molar-refractivity contribution is -0.154.